The Balaban J connectivity index is 1.21. The van der Waals surface area contributed by atoms with Crippen molar-refractivity contribution < 1.29 is 58.0 Å². The first-order chi connectivity index (χ1) is 31.8. The fraction of sp³-hybridized carbons (Fsp3) is 0.766. The molecule has 1 aromatic heterocycles. The van der Waals surface area contributed by atoms with E-state index in [1.54, 1.807) is 37.6 Å². The SMILES string of the molecule is CC[C@H]1OC(=O)[C@H](C)C(=O)[C@H](C)[C@@H](O[C@@H]2O[C@H](C)C[C@H](N(C)CCc3cn(CCc4ccc([N+](=O)[O-])cc4)nn3)[C@H]2O)[C@@]2(C)C[C@@H](CO2)/C(=N\O[C@@H]2CCCN(CCF)C2)[C@H](C)[C@@H](O)[C@]1(C)O. The molecule has 19 nitrogen and oxygen atoms in total. The lowest BCUT2D eigenvalue weighted by atomic mass is 9.75. The summed E-state index contributed by atoms with van der Waals surface area (Å²) in [5.41, 5.74) is -1.03. The number of nitro benzene ring substituents is 1. The highest BCUT2D eigenvalue weighted by atomic mass is 19.1. The Labute approximate surface area is 392 Å². The third-order valence-corrected chi connectivity index (χ3v) is 14.5. The molecule has 0 radical (unpaired) electrons. The summed E-state index contributed by atoms with van der Waals surface area (Å²) in [7, 11) is 1.90. The number of benzene rings is 1. The zero-order chi connectivity index (χ0) is 48.8. The number of rotatable bonds is 15. The number of esters is 1. The van der Waals surface area contributed by atoms with Crippen molar-refractivity contribution in [1.82, 2.24) is 24.8 Å². The summed E-state index contributed by atoms with van der Waals surface area (Å²) < 4.78 is 40.6. The summed E-state index contributed by atoms with van der Waals surface area (Å²) in [6, 6.07) is 5.99. The normalized spacial score (nSPS) is 36.5. The molecule has 4 aliphatic rings. The molecule has 67 heavy (non-hydrogen) atoms. The standard InChI is InChI=1S/C47H72FN7O12/c1-9-38-47(7,60)42(58)29(3)39(50-67-36-11-10-19-53(26-36)22-18-48)33-24-46(6,63-27-33)43(30(4)40(56)31(5)44(59)65-38)66-45-41(57)37(23-28(2)64-45)52(8)20-17-34-25-54(51-49-34)21-16-32-12-14-35(15-13-32)55(61)62/h12-15,25,28-31,33,36-38,41-43,45,57-58,60H,9-11,16-24,26-27H2,1-8H3/b50-39-/t28-,29+,30+,31-,33+,36-,37+,38-,41-,42-,43-,45+,46-,47-/m1/s1. The van der Waals surface area contributed by atoms with Gasteiger partial charge in [-0.1, -0.05) is 43.3 Å². The molecule has 4 saturated heterocycles. The lowest BCUT2D eigenvalue weighted by molar-refractivity contribution is -0.384. The number of ether oxygens (including phenoxy) is 4. The number of fused-ring (bicyclic) bond motifs is 2. The topological polar surface area (TPSA) is 234 Å². The van der Waals surface area contributed by atoms with Crippen LogP contribution in [-0.2, 0) is 52.8 Å². The van der Waals surface area contributed by atoms with Gasteiger partial charge in [0.25, 0.3) is 5.69 Å². The van der Waals surface area contributed by atoms with Gasteiger partial charge >= 0.3 is 5.97 Å². The van der Waals surface area contributed by atoms with Crippen LogP contribution in [0, 0.1) is 33.8 Å². The van der Waals surface area contributed by atoms with Crippen LogP contribution in [0.25, 0.3) is 0 Å². The number of Topliss-reactive ketones (excluding diaryl/α,β-unsaturated/α-hetero) is 1. The second-order valence-corrected chi connectivity index (χ2v) is 19.6. The summed E-state index contributed by atoms with van der Waals surface area (Å²) >= 11 is 0. The van der Waals surface area contributed by atoms with E-state index in [0.717, 1.165) is 24.2 Å². The Bertz CT molecular complexity index is 2010. The number of ketones is 1. The molecule has 0 amide bonds. The quantitative estimate of drug-likeness (QED) is 0.100. The van der Waals surface area contributed by atoms with Crippen molar-refractivity contribution in [3.8, 4) is 0 Å². The first-order valence-electron chi connectivity index (χ1n) is 23.9. The fourth-order valence-electron chi connectivity index (χ4n) is 10.3. The van der Waals surface area contributed by atoms with Crippen molar-refractivity contribution in [1.29, 1.82) is 0 Å². The highest BCUT2D eigenvalue weighted by Crippen LogP contribution is 2.43. The van der Waals surface area contributed by atoms with Crippen molar-refractivity contribution in [2.45, 2.75) is 160 Å². The maximum absolute atomic E-state index is 14.4. The van der Waals surface area contributed by atoms with Crippen LogP contribution in [0.2, 0.25) is 0 Å². The number of hydrogen-bond acceptors (Lipinski definition) is 17. The number of non-ortho nitro benzene ring substituents is 1. The number of piperidine rings is 1. The van der Waals surface area contributed by atoms with E-state index in [4.69, 9.17) is 23.8 Å². The summed E-state index contributed by atoms with van der Waals surface area (Å²) in [4.78, 5) is 48.9. The number of halogens is 1. The molecule has 0 spiro atoms. The Morgan fingerprint density at radius 3 is 2.51 bits per heavy atom. The highest BCUT2D eigenvalue weighted by Gasteiger charge is 2.55. The number of alkyl halides is 1. The lowest BCUT2D eigenvalue weighted by Gasteiger charge is -2.46. The van der Waals surface area contributed by atoms with Gasteiger partial charge in [-0.25, -0.2) is 4.39 Å². The molecule has 2 bridgehead atoms. The number of aliphatic hydroxyl groups is 3. The summed E-state index contributed by atoms with van der Waals surface area (Å²) in [6.45, 7) is 13.8. The minimum absolute atomic E-state index is 0.0355. The molecule has 0 saturated carbocycles. The molecular formula is C47H72FN7O12. The zero-order valence-electron chi connectivity index (χ0n) is 40.2. The number of nitro groups is 1. The molecule has 4 aliphatic heterocycles. The number of carbonyl (C=O) groups excluding carboxylic acids is 2. The van der Waals surface area contributed by atoms with E-state index in [1.807, 2.05) is 36.9 Å². The third-order valence-electron chi connectivity index (χ3n) is 14.5. The summed E-state index contributed by atoms with van der Waals surface area (Å²) in [5, 5.41) is 60.2. The maximum Gasteiger partial charge on any atom is 0.316 e. The predicted molar refractivity (Wildman–Crippen MR) is 242 cm³/mol. The second kappa shape index (κ2) is 22.6. The number of aromatic nitrogens is 3. The van der Waals surface area contributed by atoms with Crippen molar-refractivity contribution in [3.63, 3.8) is 0 Å². The maximum atomic E-state index is 14.4. The molecule has 20 heteroatoms. The summed E-state index contributed by atoms with van der Waals surface area (Å²) in [5.74, 6) is -4.93. The van der Waals surface area contributed by atoms with Crippen LogP contribution < -0.4 is 0 Å². The number of oxime groups is 1. The number of aryl methyl sites for hydroxylation is 2. The fourth-order valence-corrected chi connectivity index (χ4v) is 10.3. The van der Waals surface area contributed by atoms with Crippen LogP contribution in [0.4, 0.5) is 10.1 Å². The van der Waals surface area contributed by atoms with E-state index in [1.165, 1.54) is 26.0 Å². The van der Waals surface area contributed by atoms with Gasteiger partial charge in [0.05, 0.1) is 46.8 Å². The monoisotopic (exact) mass is 946 g/mol. The van der Waals surface area contributed by atoms with E-state index in [0.29, 0.717) is 51.0 Å². The summed E-state index contributed by atoms with van der Waals surface area (Å²) in [6.07, 6.45) is -1.44. The van der Waals surface area contributed by atoms with Gasteiger partial charge in [-0.2, -0.15) is 0 Å². The first kappa shape index (κ1) is 52.4. The molecule has 1 aromatic carbocycles. The van der Waals surface area contributed by atoms with Gasteiger partial charge in [0.2, 0.25) is 0 Å². The average molecular weight is 946 g/mol. The molecule has 0 aliphatic carbocycles. The average Bonchev–Trinajstić information content (AvgIpc) is 3.94. The van der Waals surface area contributed by atoms with Crippen LogP contribution in [0.5, 0.6) is 0 Å². The van der Waals surface area contributed by atoms with Gasteiger partial charge < -0.3 is 44.0 Å². The number of hydrogen-bond donors (Lipinski definition) is 3. The first-order valence-corrected chi connectivity index (χ1v) is 23.9. The van der Waals surface area contributed by atoms with Gasteiger partial charge in [-0.15, -0.1) is 5.10 Å². The van der Waals surface area contributed by atoms with Crippen molar-refractivity contribution in [3.05, 3.63) is 51.8 Å². The molecule has 374 valence electrons. The van der Waals surface area contributed by atoms with E-state index in [-0.39, 0.29) is 43.9 Å². The van der Waals surface area contributed by atoms with Gasteiger partial charge in [-0.05, 0) is 85.4 Å². The number of aliphatic hydroxyl groups excluding tert-OH is 2. The number of cyclic esters (lactones) is 1. The number of carbonyl (C=O) groups is 2. The molecule has 3 N–H and O–H groups in total. The van der Waals surface area contributed by atoms with Gasteiger partial charge in [0, 0.05) is 74.7 Å². The molecule has 0 unspecified atom stereocenters. The second-order valence-electron chi connectivity index (χ2n) is 19.6. The van der Waals surface area contributed by atoms with Gasteiger partial charge in [0.1, 0.15) is 36.5 Å². The van der Waals surface area contributed by atoms with Crippen LogP contribution in [-0.4, -0.2) is 169 Å². The lowest BCUT2D eigenvalue weighted by Crippen LogP contribution is -2.59. The van der Waals surface area contributed by atoms with Crippen molar-refractivity contribution in [2.75, 3.05) is 46.5 Å². The molecular weight excluding hydrogens is 874 g/mol. The Kier molecular flexibility index (Phi) is 17.7. The smallest absolute Gasteiger partial charge is 0.316 e. The minimum Gasteiger partial charge on any atom is -0.459 e. The Morgan fingerprint density at radius 2 is 1.82 bits per heavy atom. The third kappa shape index (κ3) is 12.4. The molecule has 6 rings (SSSR count). The van der Waals surface area contributed by atoms with Gasteiger partial charge in [0.15, 0.2) is 12.1 Å². The van der Waals surface area contributed by atoms with E-state index < -0.39 is 95.0 Å². The molecule has 5 heterocycles. The highest BCUT2D eigenvalue weighted by molar-refractivity contribution is 6.00. The largest absolute Gasteiger partial charge is 0.459 e. The molecule has 4 fully saturated rings. The van der Waals surface area contributed by atoms with E-state index in [9.17, 15) is 39.4 Å². The van der Waals surface area contributed by atoms with Crippen molar-refractivity contribution >= 4 is 23.2 Å². The Morgan fingerprint density at radius 1 is 1.09 bits per heavy atom. The molecule has 2 aromatic rings. The van der Waals surface area contributed by atoms with E-state index >= 15 is 0 Å². The van der Waals surface area contributed by atoms with E-state index in [2.05, 4.69) is 15.5 Å². The number of likely N-dealkylation sites (tertiary alicyclic amines) is 1. The van der Waals surface area contributed by atoms with Crippen molar-refractivity contribution in [2.24, 2.45) is 28.8 Å². The van der Waals surface area contributed by atoms with Crippen LogP contribution in [0.3, 0.4) is 0 Å². The van der Waals surface area contributed by atoms with Crippen LogP contribution in [0.15, 0.2) is 35.6 Å². The molecule has 14 atom stereocenters. The van der Waals surface area contributed by atoms with Crippen LogP contribution >= 0.6 is 0 Å². The number of nitrogens with zero attached hydrogens (tertiary/aromatic N) is 7. The predicted octanol–water partition coefficient (Wildman–Crippen LogP) is 3.68. The Hall–Kier alpha value is -4.02. The zero-order valence-corrected chi connectivity index (χ0v) is 40.2. The number of likely N-dealkylation sites (N-methyl/N-ethyl adjacent to an activating group) is 1. The van der Waals surface area contributed by atoms with Gasteiger partial charge in [-0.3, -0.25) is 29.3 Å². The van der Waals surface area contributed by atoms with Crippen LogP contribution in [0.1, 0.15) is 91.8 Å². The minimum atomic E-state index is -1.95.